The zero-order chi connectivity index (χ0) is 15.4. The average molecular weight is 316 g/mol. The van der Waals surface area contributed by atoms with Gasteiger partial charge in [-0.1, -0.05) is 29.5 Å². The third kappa shape index (κ3) is 3.09. The fourth-order valence-corrected chi connectivity index (χ4v) is 2.93. The van der Waals surface area contributed by atoms with E-state index in [1.54, 1.807) is 0 Å². The van der Waals surface area contributed by atoms with Crippen molar-refractivity contribution < 1.29 is 4.74 Å². The molecule has 2 heterocycles. The van der Waals surface area contributed by atoms with Crippen molar-refractivity contribution in [1.29, 1.82) is 0 Å². The predicted octanol–water partition coefficient (Wildman–Crippen LogP) is 2.20. The summed E-state index contributed by atoms with van der Waals surface area (Å²) in [5, 5.41) is 8.14. The van der Waals surface area contributed by atoms with E-state index in [0.29, 0.717) is 23.2 Å². The molecule has 0 saturated carbocycles. The summed E-state index contributed by atoms with van der Waals surface area (Å²) in [5.41, 5.74) is 0.976. The zero-order valence-corrected chi connectivity index (χ0v) is 13.0. The standard InChI is InChI=1S/C15H16N4O2S/c1-2-21-12-6-4-3-5-11(12)7-9-16-14-18-19-13(20)8-10-17-15(19)22-14/h3-6,8,10H,2,7,9H2,1H3,(H,16,18). The second-order valence-corrected chi connectivity index (χ2v) is 5.56. The molecule has 0 fully saturated rings. The molecule has 1 aromatic carbocycles. The van der Waals surface area contributed by atoms with Crippen molar-refractivity contribution in [1.82, 2.24) is 14.6 Å². The summed E-state index contributed by atoms with van der Waals surface area (Å²) in [6.07, 6.45) is 2.31. The Bertz CT molecular complexity index is 828. The van der Waals surface area contributed by atoms with Gasteiger partial charge in [-0.2, -0.15) is 4.52 Å². The number of ether oxygens (including phenoxy) is 1. The van der Waals surface area contributed by atoms with Gasteiger partial charge in [0.25, 0.3) is 5.56 Å². The lowest BCUT2D eigenvalue weighted by Gasteiger charge is -2.09. The number of rotatable bonds is 6. The van der Waals surface area contributed by atoms with Gasteiger partial charge in [0.2, 0.25) is 10.1 Å². The lowest BCUT2D eigenvalue weighted by molar-refractivity contribution is 0.336. The Morgan fingerprint density at radius 3 is 3.00 bits per heavy atom. The molecule has 0 atom stereocenters. The van der Waals surface area contributed by atoms with Crippen LogP contribution in [0.2, 0.25) is 0 Å². The van der Waals surface area contributed by atoms with Gasteiger partial charge in [-0.3, -0.25) is 4.79 Å². The third-order valence-corrected chi connectivity index (χ3v) is 3.99. The van der Waals surface area contributed by atoms with Crippen LogP contribution in [0.3, 0.4) is 0 Å². The first-order valence-corrected chi connectivity index (χ1v) is 7.89. The number of fused-ring (bicyclic) bond motifs is 1. The normalized spacial score (nSPS) is 10.8. The second kappa shape index (κ2) is 6.57. The maximum Gasteiger partial charge on any atom is 0.275 e. The summed E-state index contributed by atoms with van der Waals surface area (Å²) in [7, 11) is 0. The first-order chi connectivity index (χ1) is 10.8. The van der Waals surface area contributed by atoms with Crippen LogP contribution in [0.25, 0.3) is 4.96 Å². The van der Waals surface area contributed by atoms with Crippen LogP contribution in [0.5, 0.6) is 5.75 Å². The van der Waals surface area contributed by atoms with Crippen molar-refractivity contribution in [2.75, 3.05) is 18.5 Å². The van der Waals surface area contributed by atoms with Crippen molar-refractivity contribution in [3.8, 4) is 5.75 Å². The first-order valence-electron chi connectivity index (χ1n) is 7.07. The highest BCUT2D eigenvalue weighted by molar-refractivity contribution is 7.20. The molecule has 3 rings (SSSR count). The minimum Gasteiger partial charge on any atom is -0.494 e. The number of anilines is 1. The van der Waals surface area contributed by atoms with Crippen LogP contribution < -0.4 is 15.6 Å². The topological polar surface area (TPSA) is 68.5 Å². The van der Waals surface area contributed by atoms with Crippen LogP contribution in [0.15, 0.2) is 41.3 Å². The molecule has 0 spiro atoms. The van der Waals surface area contributed by atoms with Gasteiger partial charge in [0.15, 0.2) is 0 Å². The Morgan fingerprint density at radius 2 is 2.18 bits per heavy atom. The van der Waals surface area contributed by atoms with Gasteiger partial charge in [0.1, 0.15) is 5.75 Å². The number of nitrogens with one attached hydrogen (secondary N) is 1. The molecule has 22 heavy (non-hydrogen) atoms. The van der Waals surface area contributed by atoms with E-state index in [-0.39, 0.29) is 5.56 Å². The van der Waals surface area contributed by atoms with E-state index < -0.39 is 0 Å². The van der Waals surface area contributed by atoms with Gasteiger partial charge in [-0.05, 0) is 25.0 Å². The molecule has 3 aromatic rings. The largest absolute Gasteiger partial charge is 0.494 e. The maximum absolute atomic E-state index is 11.6. The number of hydrogen-bond acceptors (Lipinski definition) is 6. The van der Waals surface area contributed by atoms with Crippen molar-refractivity contribution in [2.45, 2.75) is 13.3 Å². The van der Waals surface area contributed by atoms with Crippen molar-refractivity contribution >= 4 is 21.4 Å². The highest BCUT2D eigenvalue weighted by Gasteiger charge is 2.06. The maximum atomic E-state index is 11.6. The van der Waals surface area contributed by atoms with Crippen LogP contribution in [-0.2, 0) is 6.42 Å². The molecule has 0 aliphatic rings. The molecule has 0 aliphatic heterocycles. The summed E-state index contributed by atoms with van der Waals surface area (Å²) in [6, 6.07) is 9.39. The van der Waals surface area contributed by atoms with Crippen molar-refractivity contribution in [3.05, 3.63) is 52.4 Å². The quantitative estimate of drug-likeness (QED) is 0.755. The number of benzene rings is 1. The van der Waals surface area contributed by atoms with Crippen LogP contribution in [0.1, 0.15) is 12.5 Å². The van der Waals surface area contributed by atoms with E-state index in [4.69, 9.17) is 4.74 Å². The molecule has 2 aromatic heterocycles. The molecule has 0 radical (unpaired) electrons. The molecule has 0 amide bonds. The van der Waals surface area contributed by atoms with Crippen LogP contribution in [0, 0.1) is 0 Å². The van der Waals surface area contributed by atoms with E-state index in [1.807, 2.05) is 25.1 Å². The Hall–Kier alpha value is -2.41. The fraction of sp³-hybridized carbons (Fsp3) is 0.267. The number of nitrogens with zero attached hydrogens (tertiary/aromatic N) is 3. The second-order valence-electron chi connectivity index (χ2n) is 4.60. The molecule has 7 heteroatoms. The van der Waals surface area contributed by atoms with E-state index >= 15 is 0 Å². The summed E-state index contributed by atoms with van der Waals surface area (Å²) >= 11 is 1.36. The number of para-hydroxylation sites is 1. The molecule has 114 valence electrons. The van der Waals surface area contributed by atoms with Crippen LogP contribution >= 0.6 is 11.3 Å². The van der Waals surface area contributed by atoms with Crippen LogP contribution in [-0.4, -0.2) is 27.7 Å². The zero-order valence-electron chi connectivity index (χ0n) is 12.2. The molecular formula is C15H16N4O2S. The van der Waals surface area contributed by atoms with E-state index in [0.717, 1.165) is 17.7 Å². The highest BCUT2D eigenvalue weighted by Crippen LogP contribution is 2.19. The van der Waals surface area contributed by atoms with Gasteiger partial charge in [0, 0.05) is 18.8 Å². The Morgan fingerprint density at radius 1 is 1.32 bits per heavy atom. The van der Waals surface area contributed by atoms with E-state index in [1.165, 1.54) is 28.1 Å². The minimum atomic E-state index is -0.170. The SMILES string of the molecule is CCOc1ccccc1CCNc1nn2c(=O)ccnc2s1. The lowest BCUT2D eigenvalue weighted by Crippen LogP contribution is -2.13. The predicted molar refractivity (Wildman–Crippen MR) is 86.9 cm³/mol. The Balaban J connectivity index is 1.67. The van der Waals surface area contributed by atoms with Crippen molar-refractivity contribution in [3.63, 3.8) is 0 Å². The Labute approximate surface area is 131 Å². The molecule has 0 saturated heterocycles. The summed E-state index contributed by atoms with van der Waals surface area (Å²) in [5.74, 6) is 0.911. The van der Waals surface area contributed by atoms with Gasteiger partial charge in [-0.15, -0.1) is 5.10 Å². The summed E-state index contributed by atoms with van der Waals surface area (Å²) in [4.78, 5) is 16.3. The van der Waals surface area contributed by atoms with Gasteiger partial charge < -0.3 is 10.1 Å². The molecule has 0 unspecified atom stereocenters. The van der Waals surface area contributed by atoms with Gasteiger partial charge >= 0.3 is 0 Å². The molecule has 0 aliphatic carbocycles. The summed E-state index contributed by atoms with van der Waals surface area (Å²) in [6.45, 7) is 3.33. The summed E-state index contributed by atoms with van der Waals surface area (Å²) < 4.78 is 6.91. The fourth-order valence-electron chi connectivity index (χ4n) is 2.13. The molecule has 6 nitrogen and oxygen atoms in total. The van der Waals surface area contributed by atoms with E-state index in [9.17, 15) is 4.79 Å². The molecular weight excluding hydrogens is 300 g/mol. The first kappa shape index (κ1) is 14.5. The van der Waals surface area contributed by atoms with Gasteiger partial charge in [-0.25, -0.2) is 4.98 Å². The lowest BCUT2D eigenvalue weighted by atomic mass is 10.1. The monoisotopic (exact) mass is 316 g/mol. The van der Waals surface area contributed by atoms with Gasteiger partial charge in [0.05, 0.1) is 6.61 Å². The third-order valence-electron chi connectivity index (χ3n) is 3.11. The van der Waals surface area contributed by atoms with E-state index in [2.05, 4.69) is 21.5 Å². The Kier molecular flexibility index (Phi) is 4.34. The van der Waals surface area contributed by atoms with Crippen molar-refractivity contribution in [2.24, 2.45) is 0 Å². The molecule has 0 bridgehead atoms. The highest BCUT2D eigenvalue weighted by atomic mass is 32.1. The van der Waals surface area contributed by atoms with Crippen LogP contribution in [0.4, 0.5) is 5.13 Å². The number of hydrogen-bond donors (Lipinski definition) is 1. The molecule has 1 N–H and O–H groups in total. The smallest absolute Gasteiger partial charge is 0.275 e. The average Bonchev–Trinajstić information content (AvgIpc) is 2.94. The number of aromatic nitrogens is 3. The minimum absolute atomic E-state index is 0.170.